The lowest BCUT2D eigenvalue weighted by molar-refractivity contribution is -0.198. The van der Waals surface area contributed by atoms with Gasteiger partial charge in [-0.05, 0) is 19.1 Å². The van der Waals surface area contributed by atoms with Gasteiger partial charge in [0, 0.05) is 64.9 Å². The van der Waals surface area contributed by atoms with Crippen LogP contribution in [0.25, 0.3) is 0 Å². The molecule has 296 valence electrons. The fourth-order valence-corrected chi connectivity index (χ4v) is 7.50. The van der Waals surface area contributed by atoms with Gasteiger partial charge in [0.1, 0.15) is 23.4 Å². The molecule has 0 amide bonds. The summed E-state index contributed by atoms with van der Waals surface area (Å²) in [5.74, 6) is -8.76. The van der Waals surface area contributed by atoms with E-state index in [1.54, 1.807) is 51.1 Å². The summed E-state index contributed by atoms with van der Waals surface area (Å²) in [7, 11) is 0. The molecule has 15 nitrogen and oxygen atoms in total. The molecule has 1 N–H and O–H groups in total. The van der Waals surface area contributed by atoms with E-state index < -0.39 is 113 Å². The zero-order valence-electron chi connectivity index (χ0n) is 32.2. The van der Waals surface area contributed by atoms with Gasteiger partial charge in [0.05, 0.1) is 11.5 Å². The van der Waals surface area contributed by atoms with Crippen molar-refractivity contribution in [2.24, 2.45) is 17.3 Å². The fraction of sp³-hybridized carbons (Fsp3) is 0.564. The summed E-state index contributed by atoms with van der Waals surface area (Å²) in [4.78, 5) is 90.5. The molecule has 0 aromatic heterocycles. The number of aliphatic hydroxyl groups is 1. The Balaban J connectivity index is 2.56. The average Bonchev–Trinajstić information content (AvgIpc) is 3.25. The molecule has 15 heteroatoms. The van der Waals surface area contributed by atoms with E-state index in [0.29, 0.717) is 0 Å². The Morgan fingerprint density at radius 1 is 0.667 bits per heavy atom. The topological polar surface area (TPSA) is 204 Å². The van der Waals surface area contributed by atoms with Crippen molar-refractivity contribution in [2.75, 3.05) is 0 Å². The monoisotopic (exact) mass is 758 g/mol. The van der Waals surface area contributed by atoms with Gasteiger partial charge in [-0.1, -0.05) is 57.7 Å². The van der Waals surface area contributed by atoms with Gasteiger partial charge in [0.15, 0.2) is 24.4 Å². The molecule has 0 unspecified atom stereocenters. The summed E-state index contributed by atoms with van der Waals surface area (Å²) in [5, 5.41) is 13.2. The number of carbonyl (C=O) groups excluding carboxylic acids is 7. The summed E-state index contributed by atoms with van der Waals surface area (Å²) in [5.41, 5.74) is -5.80. The van der Waals surface area contributed by atoms with Crippen molar-refractivity contribution in [3.63, 3.8) is 0 Å². The number of hydrogen-bond donors (Lipinski definition) is 1. The van der Waals surface area contributed by atoms with Crippen LogP contribution in [0.3, 0.4) is 0 Å². The quantitative estimate of drug-likeness (QED) is 0.228. The number of ether oxygens (including phenoxy) is 7. The van der Waals surface area contributed by atoms with Crippen molar-refractivity contribution in [2.45, 2.75) is 123 Å². The number of hydrogen-bond acceptors (Lipinski definition) is 15. The summed E-state index contributed by atoms with van der Waals surface area (Å²) in [6.07, 6.45) is -7.30. The summed E-state index contributed by atoms with van der Waals surface area (Å²) in [6, 6.07) is 7.75. The first kappa shape index (κ1) is 43.4. The maximum Gasteiger partial charge on any atom is 0.338 e. The Morgan fingerprint density at radius 3 is 1.67 bits per heavy atom. The Bertz CT molecular complexity index is 1660. The number of fused-ring (bicyclic) bond motifs is 1. The van der Waals surface area contributed by atoms with Crippen LogP contribution in [-0.4, -0.2) is 94.7 Å². The zero-order chi connectivity index (χ0) is 40.9. The van der Waals surface area contributed by atoms with E-state index in [-0.39, 0.29) is 11.1 Å². The molecule has 54 heavy (non-hydrogen) atoms. The van der Waals surface area contributed by atoms with E-state index in [9.17, 15) is 38.7 Å². The molecular weight excluding hydrogens is 708 g/mol. The van der Waals surface area contributed by atoms with E-state index in [1.165, 1.54) is 19.1 Å². The van der Waals surface area contributed by atoms with E-state index >= 15 is 0 Å². The first-order valence-corrected chi connectivity index (χ1v) is 17.4. The predicted octanol–water partition coefficient (Wildman–Crippen LogP) is 3.73. The molecule has 1 saturated carbocycles. The second-order valence-corrected chi connectivity index (χ2v) is 14.6. The molecule has 0 aliphatic heterocycles. The second-order valence-electron chi connectivity index (χ2n) is 14.6. The summed E-state index contributed by atoms with van der Waals surface area (Å²) >= 11 is 0. The highest BCUT2D eigenvalue weighted by Gasteiger charge is 2.70. The lowest BCUT2D eigenvalue weighted by Gasteiger charge is -2.46. The third-order valence-electron chi connectivity index (χ3n) is 9.42. The van der Waals surface area contributed by atoms with Crippen LogP contribution in [0.5, 0.6) is 0 Å². The van der Waals surface area contributed by atoms with Crippen molar-refractivity contribution in [1.82, 2.24) is 0 Å². The van der Waals surface area contributed by atoms with Crippen molar-refractivity contribution in [1.29, 1.82) is 0 Å². The molecule has 0 bridgehead atoms. The van der Waals surface area contributed by atoms with Crippen LogP contribution < -0.4 is 0 Å². The van der Waals surface area contributed by atoms with Gasteiger partial charge in [0.25, 0.3) is 0 Å². The SMILES string of the molecule is C=C1[C@@H](OC(C)=O)[C@@H](OC(C)=O)[C@@H](OC(C)=O)C(C)(C)/C=C/[C@H](C)[C@H](OC(C)=O)[C@@]2(O)C[C@@](C)(OC(C)=O)[C@H](OC(=O)c3ccccc3)[C@@H]2[C@H]1OC(C)=O. The van der Waals surface area contributed by atoms with Gasteiger partial charge in [-0.15, -0.1) is 0 Å². The molecule has 0 heterocycles. The van der Waals surface area contributed by atoms with Gasteiger partial charge in [-0.3, -0.25) is 28.8 Å². The first-order chi connectivity index (χ1) is 24.9. The van der Waals surface area contributed by atoms with Crippen LogP contribution in [0.15, 0.2) is 54.6 Å². The number of esters is 7. The molecule has 2 aliphatic carbocycles. The van der Waals surface area contributed by atoms with Crippen LogP contribution in [0.1, 0.15) is 86.0 Å². The fourth-order valence-electron chi connectivity index (χ4n) is 7.50. The molecule has 1 fully saturated rings. The second kappa shape index (κ2) is 17.0. The normalized spacial score (nSPS) is 32.5. The molecule has 1 aromatic rings. The molecule has 0 radical (unpaired) electrons. The lowest BCUT2D eigenvalue weighted by Crippen LogP contribution is -2.60. The lowest BCUT2D eigenvalue weighted by atomic mass is 9.71. The molecule has 10 atom stereocenters. The van der Waals surface area contributed by atoms with Crippen LogP contribution in [-0.2, 0) is 61.9 Å². The minimum Gasteiger partial charge on any atom is -0.459 e. The van der Waals surface area contributed by atoms with E-state index in [1.807, 2.05) is 0 Å². The Labute approximate surface area is 314 Å². The Morgan fingerprint density at radius 2 is 1.17 bits per heavy atom. The van der Waals surface area contributed by atoms with Crippen LogP contribution in [0.2, 0.25) is 0 Å². The minimum atomic E-state index is -2.39. The maximum absolute atomic E-state index is 13.8. The van der Waals surface area contributed by atoms with Gasteiger partial charge in [-0.25, -0.2) is 4.79 Å². The highest BCUT2D eigenvalue weighted by molar-refractivity contribution is 5.89. The van der Waals surface area contributed by atoms with Crippen molar-refractivity contribution >= 4 is 41.8 Å². The highest BCUT2D eigenvalue weighted by Crippen LogP contribution is 2.54. The van der Waals surface area contributed by atoms with Gasteiger partial charge in [0.2, 0.25) is 0 Å². The van der Waals surface area contributed by atoms with Gasteiger partial charge in [-0.2, -0.15) is 0 Å². The Hall–Kier alpha value is -5.05. The predicted molar refractivity (Wildman–Crippen MR) is 188 cm³/mol. The molecule has 3 rings (SSSR count). The Kier molecular flexibility index (Phi) is 13.6. The molecular formula is C39H50O15. The largest absolute Gasteiger partial charge is 0.459 e. The number of benzene rings is 1. The third kappa shape index (κ3) is 9.92. The highest BCUT2D eigenvalue weighted by atomic mass is 16.6. The van der Waals surface area contributed by atoms with E-state index in [2.05, 4.69) is 6.58 Å². The zero-order valence-corrected chi connectivity index (χ0v) is 32.2. The third-order valence-corrected chi connectivity index (χ3v) is 9.42. The van der Waals surface area contributed by atoms with Crippen LogP contribution in [0, 0.1) is 17.3 Å². The van der Waals surface area contributed by atoms with Crippen LogP contribution in [0.4, 0.5) is 0 Å². The van der Waals surface area contributed by atoms with Crippen molar-refractivity contribution < 1.29 is 71.8 Å². The van der Waals surface area contributed by atoms with E-state index in [4.69, 9.17) is 33.2 Å². The van der Waals surface area contributed by atoms with Crippen molar-refractivity contribution in [3.05, 3.63) is 60.2 Å². The minimum absolute atomic E-state index is 0.0705. The van der Waals surface area contributed by atoms with E-state index in [0.717, 1.165) is 41.5 Å². The smallest absolute Gasteiger partial charge is 0.338 e. The summed E-state index contributed by atoms with van der Waals surface area (Å²) in [6.45, 7) is 16.9. The van der Waals surface area contributed by atoms with Crippen LogP contribution >= 0.6 is 0 Å². The van der Waals surface area contributed by atoms with Crippen molar-refractivity contribution in [3.8, 4) is 0 Å². The number of rotatable bonds is 8. The number of carbonyl (C=O) groups is 7. The maximum atomic E-state index is 13.8. The standard InChI is InChI=1S/C39H50O15/c1-20-17-18-37(9,10)35(52-26(7)44)32(50-24(5)42)31(49-23(4)41)21(2)30(48-22(3)40)29-34(53-36(46)28-15-13-12-14-16-28)38(11,54-27(8)45)19-39(29,47)33(20)51-25(6)43/h12-18,20,29-35,47H,2,19H2,1,3-11H3/b18-17+/t20-,29-,30-,31+,32+,33-,34+,35+,38+,39+/m0/s1. The molecule has 0 spiro atoms. The van der Waals surface area contributed by atoms with Gasteiger partial charge >= 0.3 is 41.8 Å². The molecule has 0 saturated heterocycles. The average molecular weight is 759 g/mol. The van der Waals surface area contributed by atoms with Gasteiger partial charge < -0.3 is 38.3 Å². The molecule has 2 aliphatic rings. The molecule has 1 aromatic carbocycles. The first-order valence-electron chi connectivity index (χ1n) is 17.4. The summed E-state index contributed by atoms with van der Waals surface area (Å²) < 4.78 is 40.9.